The van der Waals surface area contributed by atoms with Gasteiger partial charge < -0.3 is 20.3 Å². The van der Waals surface area contributed by atoms with Crippen molar-refractivity contribution in [1.82, 2.24) is 20.4 Å². The van der Waals surface area contributed by atoms with Crippen LogP contribution in [0.15, 0.2) is 23.2 Å². The Morgan fingerprint density at radius 3 is 2.48 bits per heavy atom. The minimum Gasteiger partial charge on any atom is -0.490 e. The van der Waals surface area contributed by atoms with Gasteiger partial charge in [-0.1, -0.05) is 19.9 Å². The first-order valence-corrected chi connectivity index (χ1v) is 11.7. The van der Waals surface area contributed by atoms with E-state index in [1.54, 1.807) is 19.2 Å². The Bertz CT molecular complexity index is 729. The maximum Gasteiger partial charge on any atom is 0.191 e. The molecule has 1 aliphatic heterocycles. The Morgan fingerprint density at radius 1 is 1.19 bits per heavy atom. The lowest BCUT2D eigenvalue weighted by Crippen LogP contribution is -2.55. The van der Waals surface area contributed by atoms with Crippen LogP contribution in [0, 0.1) is 17.7 Å². The second kappa shape index (κ2) is 11.1. The number of guanidine groups is 1. The topological polar surface area (TPSA) is 52.1 Å². The molecule has 1 saturated heterocycles. The molecule has 3 rings (SSSR count). The van der Waals surface area contributed by atoms with Gasteiger partial charge in [-0.25, -0.2) is 4.39 Å². The first-order chi connectivity index (χ1) is 14.9. The minimum absolute atomic E-state index is 0.0701. The van der Waals surface area contributed by atoms with Crippen LogP contribution in [0.5, 0.6) is 5.75 Å². The smallest absolute Gasteiger partial charge is 0.191 e. The van der Waals surface area contributed by atoms with Crippen LogP contribution in [0.4, 0.5) is 4.39 Å². The zero-order chi connectivity index (χ0) is 22.4. The van der Waals surface area contributed by atoms with E-state index in [4.69, 9.17) is 4.74 Å². The highest BCUT2D eigenvalue weighted by Gasteiger charge is 2.25. The van der Waals surface area contributed by atoms with Gasteiger partial charge in [-0.3, -0.25) is 9.89 Å². The second-order valence-electron chi connectivity index (χ2n) is 9.41. The largest absolute Gasteiger partial charge is 0.490 e. The first kappa shape index (κ1) is 23.8. The lowest BCUT2D eigenvalue weighted by molar-refractivity contribution is 0.0900. The van der Waals surface area contributed by atoms with E-state index in [0.717, 1.165) is 44.2 Å². The van der Waals surface area contributed by atoms with Gasteiger partial charge in [-0.15, -0.1) is 0 Å². The number of piperazine rings is 1. The maximum atomic E-state index is 14.5. The van der Waals surface area contributed by atoms with E-state index in [1.165, 1.54) is 12.8 Å². The van der Waals surface area contributed by atoms with E-state index in [2.05, 4.69) is 46.3 Å². The summed E-state index contributed by atoms with van der Waals surface area (Å²) in [5.74, 6) is 1.93. The highest BCUT2D eigenvalue weighted by molar-refractivity contribution is 5.80. The van der Waals surface area contributed by atoms with E-state index in [9.17, 15) is 4.39 Å². The summed E-state index contributed by atoms with van der Waals surface area (Å²) in [5.41, 5.74) is 0.874. The number of ether oxygens (including phenoxy) is 1. The van der Waals surface area contributed by atoms with Crippen molar-refractivity contribution < 1.29 is 9.13 Å². The molecular formula is C24H40FN5O. The zero-order valence-electron chi connectivity index (χ0n) is 19.8. The number of aliphatic imine (C=N–C) groups is 1. The summed E-state index contributed by atoms with van der Waals surface area (Å²) in [5, 5.41) is 6.89. The molecule has 1 aromatic rings. The van der Waals surface area contributed by atoms with Crippen molar-refractivity contribution >= 4 is 5.96 Å². The van der Waals surface area contributed by atoms with E-state index in [1.807, 2.05) is 13.0 Å². The molecule has 174 valence electrons. The Labute approximate surface area is 187 Å². The van der Waals surface area contributed by atoms with Crippen molar-refractivity contribution in [2.45, 2.75) is 45.7 Å². The number of rotatable bonds is 9. The second-order valence-corrected chi connectivity index (χ2v) is 9.41. The summed E-state index contributed by atoms with van der Waals surface area (Å²) in [6, 6.07) is 5.61. The number of nitrogens with zero attached hydrogens (tertiary/aromatic N) is 3. The predicted molar refractivity (Wildman–Crippen MR) is 125 cm³/mol. The zero-order valence-corrected chi connectivity index (χ0v) is 19.8. The molecule has 0 radical (unpaired) electrons. The fraction of sp³-hybridized carbons (Fsp3) is 0.708. The van der Waals surface area contributed by atoms with Crippen molar-refractivity contribution in [2.24, 2.45) is 16.8 Å². The molecule has 2 N–H and O–H groups in total. The molecule has 1 aliphatic carbocycles. The standard InChI is InChI=1S/C24H40FN5O/c1-17(2)22(30-12-10-29(5)11-13-30)15-27-24(26-4)28-18(3)20-8-9-23(21(25)14-20)31-16-19-6-7-19/h8-9,14,17-19,22H,6-7,10-13,15-16H2,1-5H3,(H2,26,27,28). The van der Waals surface area contributed by atoms with Gasteiger partial charge in [-0.05, 0) is 56.3 Å². The van der Waals surface area contributed by atoms with Crippen LogP contribution in [0.1, 0.15) is 45.2 Å². The van der Waals surface area contributed by atoms with Crippen LogP contribution in [-0.2, 0) is 0 Å². The number of hydrogen-bond donors (Lipinski definition) is 2. The normalized spacial score (nSPS) is 20.5. The molecule has 2 aliphatic rings. The summed E-state index contributed by atoms with van der Waals surface area (Å²) in [7, 11) is 3.96. The molecule has 0 aromatic heterocycles. The molecule has 2 atom stereocenters. The molecule has 1 heterocycles. The van der Waals surface area contributed by atoms with E-state index in [-0.39, 0.29) is 11.9 Å². The van der Waals surface area contributed by atoms with Crippen LogP contribution >= 0.6 is 0 Å². The predicted octanol–water partition coefficient (Wildman–Crippen LogP) is 3.11. The number of halogens is 1. The minimum atomic E-state index is -0.301. The fourth-order valence-electron chi connectivity index (χ4n) is 4.02. The highest BCUT2D eigenvalue weighted by atomic mass is 19.1. The average molecular weight is 434 g/mol. The van der Waals surface area contributed by atoms with Gasteiger partial charge in [0.15, 0.2) is 17.5 Å². The lowest BCUT2D eigenvalue weighted by atomic mass is 10.0. The van der Waals surface area contributed by atoms with Gasteiger partial charge in [0, 0.05) is 45.8 Å². The Balaban J connectivity index is 1.52. The van der Waals surface area contributed by atoms with Gasteiger partial charge in [-0.2, -0.15) is 0 Å². The van der Waals surface area contributed by atoms with Gasteiger partial charge in [0.25, 0.3) is 0 Å². The summed E-state index contributed by atoms with van der Waals surface area (Å²) in [6.07, 6.45) is 2.39. The summed E-state index contributed by atoms with van der Waals surface area (Å²) in [6.45, 7) is 12.4. The van der Waals surface area contributed by atoms with Gasteiger partial charge in [0.2, 0.25) is 0 Å². The van der Waals surface area contributed by atoms with Crippen LogP contribution in [-0.4, -0.2) is 75.2 Å². The third kappa shape index (κ3) is 7.07. The molecule has 1 aromatic carbocycles. The van der Waals surface area contributed by atoms with Crippen molar-refractivity contribution in [3.63, 3.8) is 0 Å². The molecule has 1 saturated carbocycles. The van der Waals surface area contributed by atoms with Crippen LogP contribution < -0.4 is 15.4 Å². The molecular weight excluding hydrogens is 393 g/mol. The van der Waals surface area contributed by atoms with Crippen LogP contribution in [0.25, 0.3) is 0 Å². The van der Waals surface area contributed by atoms with Crippen molar-refractivity contribution in [1.29, 1.82) is 0 Å². The summed E-state index contributed by atoms with van der Waals surface area (Å²) in [4.78, 5) is 9.34. The Hall–Kier alpha value is -1.86. The van der Waals surface area contributed by atoms with Gasteiger partial charge in [0.05, 0.1) is 12.6 Å². The molecule has 6 nitrogen and oxygen atoms in total. The molecule has 0 spiro atoms. The maximum absolute atomic E-state index is 14.5. The highest BCUT2D eigenvalue weighted by Crippen LogP contribution is 2.30. The summed E-state index contributed by atoms with van der Waals surface area (Å²) >= 11 is 0. The van der Waals surface area contributed by atoms with E-state index in [0.29, 0.717) is 30.2 Å². The molecule has 2 unspecified atom stereocenters. The monoisotopic (exact) mass is 433 g/mol. The fourth-order valence-corrected chi connectivity index (χ4v) is 4.02. The average Bonchev–Trinajstić information content (AvgIpc) is 3.57. The molecule has 2 fully saturated rings. The Morgan fingerprint density at radius 2 is 1.90 bits per heavy atom. The van der Waals surface area contributed by atoms with Gasteiger partial charge >= 0.3 is 0 Å². The van der Waals surface area contributed by atoms with Crippen molar-refractivity contribution in [3.8, 4) is 5.75 Å². The molecule has 31 heavy (non-hydrogen) atoms. The molecule has 0 bridgehead atoms. The van der Waals surface area contributed by atoms with Crippen LogP contribution in [0.3, 0.4) is 0 Å². The number of benzene rings is 1. The molecule has 0 amide bonds. The number of likely N-dealkylation sites (N-methyl/N-ethyl adjacent to an activating group) is 1. The van der Waals surface area contributed by atoms with E-state index < -0.39 is 0 Å². The number of nitrogens with one attached hydrogen (secondary N) is 2. The molecule has 7 heteroatoms. The van der Waals surface area contributed by atoms with Crippen molar-refractivity contribution in [3.05, 3.63) is 29.6 Å². The first-order valence-electron chi connectivity index (χ1n) is 11.7. The summed E-state index contributed by atoms with van der Waals surface area (Å²) < 4.78 is 20.1. The van der Waals surface area contributed by atoms with Crippen molar-refractivity contribution in [2.75, 3.05) is 53.4 Å². The quantitative estimate of drug-likeness (QED) is 0.463. The van der Waals surface area contributed by atoms with E-state index >= 15 is 0 Å². The van der Waals surface area contributed by atoms with Crippen LogP contribution in [0.2, 0.25) is 0 Å². The lowest BCUT2D eigenvalue weighted by Gasteiger charge is -2.40. The third-order valence-electron chi connectivity index (χ3n) is 6.46. The third-order valence-corrected chi connectivity index (χ3v) is 6.46. The Kier molecular flexibility index (Phi) is 8.55. The SMILES string of the molecule is CN=C(NCC(C(C)C)N1CCN(C)CC1)NC(C)c1ccc(OCC2CC2)c(F)c1. The van der Waals surface area contributed by atoms with Gasteiger partial charge in [0.1, 0.15) is 0 Å². The number of hydrogen-bond acceptors (Lipinski definition) is 4.